The zero-order valence-corrected chi connectivity index (χ0v) is 22.3. The van der Waals surface area contributed by atoms with E-state index in [-0.39, 0.29) is 34.7 Å². The Morgan fingerprint density at radius 3 is 2.46 bits per heavy atom. The first kappa shape index (κ1) is 26.2. The van der Waals surface area contributed by atoms with E-state index in [0.29, 0.717) is 18.4 Å². The highest BCUT2D eigenvalue weighted by Gasteiger charge is 2.67. The molecule has 0 unspecified atom stereocenters. The van der Waals surface area contributed by atoms with Crippen LogP contribution < -0.4 is 0 Å². The minimum atomic E-state index is -1.28. The van der Waals surface area contributed by atoms with Gasteiger partial charge in [-0.15, -0.1) is 0 Å². The molecule has 0 spiro atoms. The first-order chi connectivity index (χ1) is 17.5. The van der Waals surface area contributed by atoms with Gasteiger partial charge in [0.1, 0.15) is 24.9 Å². The lowest BCUT2D eigenvalue weighted by molar-refractivity contribution is -0.310. The lowest BCUT2D eigenvalue weighted by Gasteiger charge is -2.64. The molecule has 6 aliphatic rings. The van der Waals surface area contributed by atoms with Crippen LogP contribution in [-0.2, 0) is 19.0 Å². The number of carbonyl (C=O) groups excluding carboxylic acids is 1. The SMILES string of the molecule is C[C@@H]1O[C@H](O[C@@H]2CC[C@@]3(C)[C@H](CC[C@@H]4[C@@H]3CC[C@]3(C)[C@@H](C5=CC(=O)OC5)CC[C@]43O)C2)[C@H](O)[C@H](O)[C@H]1O. The summed E-state index contributed by atoms with van der Waals surface area (Å²) in [6.07, 6.45) is 4.88. The third-order valence-electron chi connectivity index (χ3n) is 12.1. The normalized spacial score (nSPS) is 55.6. The lowest BCUT2D eigenvalue weighted by Crippen LogP contribution is -2.62. The van der Waals surface area contributed by atoms with Gasteiger partial charge >= 0.3 is 5.97 Å². The van der Waals surface area contributed by atoms with Gasteiger partial charge in [0, 0.05) is 11.5 Å². The second-order valence-corrected chi connectivity index (χ2v) is 13.5. The summed E-state index contributed by atoms with van der Waals surface area (Å²) in [6, 6.07) is 0. The van der Waals surface area contributed by atoms with Crippen LogP contribution in [0.25, 0.3) is 0 Å². The van der Waals surface area contributed by atoms with Gasteiger partial charge in [-0.05, 0) is 99.4 Å². The molecule has 5 fully saturated rings. The quantitative estimate of drug-likeness (QED) is 0.330. The molecule has 0 amide bonds. The maximum absolute atomic E-state index is 12.4. The van der Waals surface area contributed by atoms with E-state index in [1.165, 1.54) is 0 Å². The van der Waals surface area contributed by atoms with Crippen LogP contribution in [0.3, 0.4) is 0 Å². The number of esters is 1. The minimum Gasteiger partial charge on any atom is -0.458 e. The van der Waals surface area contributed by atoms with Crippen LogP contribution in [0.4, 0.5) is 0 Å². The molecule has 0 aromatic rings. The maximum atomic E-state index is 12.4. The molecule has 0 aromatic carbocycles. The van der Waals surface area contributed by atoms with Gasteiger partial charge in [0.25, 0.3) is 0 Å². The molecule has 0 bridgehead atoms. The zero-order valence-electron chi connectivity index (χ0n) is 22.3. The summed E-state index contributed by atoms with van der Waals surface area (Å²) in [5.74, 6) is 1.14. The van der Waals surface area contributed by atoms with Gasteiger partial charge in [0.2, 0.25) is 0 Å². The summed E-state index contributed by atoms with van der Waals surface area (Å²) < 4.78 is 17.2. The van der Waals surface area contributed by atoms with Crippen molar-refractivity contribution in [2.75, 3.05) is 6.61 Å². The summed E-state index contributed by atoms with van der Waals surface area (Å²) in [6.45, 7) is 6.73. The zero-order chi connectivity index (χ0) is 26.3. The first-order valence-corrected chi connectivity index (χ1v) is 14.4. The summed E-state index contributed by atoms with van der Waals surface area (Å²) >= 11 is 0. The smallest absolute Gasteiger partial charge is 0.331 e. The summed E-state index contributed by atoms with van der Waals surface area (Å²) in [4.78, 5) is 11.8. The molecule has 37 heavy (non-hydrogen) atoms. The molecule has 6 rings (SSSR count). The Balaban J connectivity index is 1.16. The Morgan fingerprint density at radius 2 is 1.73 bits per heavy atom. The van der Waals surface area contributed by atoms with Crippen molar-refractivity contribution >= 4 is 5.97 Å². The largest absolute Gasteiger partial charge is 0.458 e. The van der Waals surface area contributed by atoms with Gasteiger partial charge in [-0.25, -0.2) is 4.79 Å². The van der Waals surface area contributed by atoms with Crippen LogP contribution in [0.1, 0.15) is 78.6 Å². The van der Waals surface area contributed by atoms with Gasteiger partial charge in [-0.3, -0.25) is 0 Å². The molecule has 2 heterocycles. The third-order valence-corrected chi connectivity index (χ3v) is 12.1. The first-order valence-electron chi connectivity index (χ1n) is 14.4. The second-order valence-electron chi connectivity index (χ2n) is 13.5. The molecule has 8 nitrogen and oxygen atoms in total. The van der Waals surface area contributed by atoms with Crippen LogP contribution in [-0.4, -0.2) is 75.4 Å². The molecule has 4 saturated carbocycles. The van der Waals surface area contributed by atoms with Gasteiger partial charge in [-0.1, -0.05) is 13.8 Å². The predicted octanol–water partition coefficient (Wildman–Crippen LogP) is 2.46. The average molecular weight is 521 g/mol. The summed E-state index contributed by atoms with van der Waals surface area (Å²) in [5, 5.41) is 43.0. The van der Waals surface area contributed by atoms with Crippen molar-refractivity contribution in [1.29, 1.82) is 0 Å². The molecule has 2 aliphatic heterocycles. The monoisotopic (exact) mass is 520 g/mol. The standard InChI is InChI=1S/C29H44O8/c1-15-23(31)24(32)25(33)26(36-15)37-18-6-9-27(2)17(13-18)4-5-21-20(27)7-10-28(3)19(8-11-29(21,28)34)16-12-22(30)35-14-16/h12,15,17-21,23-26,31-34H,4-11,13-14H2,1-3H3/t15-,17+,18+,19+,20-,21+,23-,24+,25+,26+,27-,28+,29-/m0/s1. The van der Waals surface area contributed by atoms with E-state index >= 15 is 0 Å². The number of aliphatic hydroxyl groups excluding tert-OH is 3. The summed E-state index contributed by atoms with van der Waals surface area (Å²) in [5.41, 5.74) is 0.243. The summed E-state index contributed by atoms with van der Waals surface area (Å²) in [7, 11) is 0. The van der Waals surface area contributed by atoms with Gasteiger partial charge in [-0.2, -0.15) is 0 Å². The van der Waals surface area contributed by atoms with Crippen LogP contribution in [0, 0.1) is 34.5 Å². The van der Waals surface area contributed by atoms with Crippen molar-refractivity contribution in [3.05, 3.63) is 11.6 Å². The number of ether oxygens (including phenoxy) is 3. The molecule has 13 atom stereocenters. The Kier molecular flexibility index (Phi) is 6.37. The number of aliphatic hydroxyl groups is 4. The fourth-order valence-corrected chi connectivity index (χ4v) is 9.81. The van der Waals surface area contributed by atoms with Crippen LogP contribution in [0.2, 0.25) is 0 Å². The van der Waals surface area contributed by atoms with Crippen molar-refractivity contribution in [3.8, 4) is 0 Å². The van der Waals surface area contributed by atoms with E-state index in [2.05, 4.69) is 13.8 Å². The third kappa shape index (κ3) is 3.80. The second kappa shape index (κ2) is 9.00. The highest BCUT2D eigenvalue weighted by Crippen LogP contribution is 2.70. The van der Waals surface area contributed by atoms with Crippen LogP contribution >= 0.6 is 0 Å². The van der Waals surface area contributed by atoms with Crippen molar-refractivity contribution in [3.63, 3.8) is 0 Å². The Labute approximate surface area is 219 Å². The van der Waals surface area contributed by atoms with Crippen molar-refractivity contribution in [2.24, 2.45) is 34.5 Å². The Bertz CT molecular complexity index is 952. The lowest BCUT2D eigenvalue weighted by atomic mass is 9.43. The molecule has 0 aromatic heterocycles. The van der Waals surface area contributed by atoms with Gasteiger partial charge in [0.05, 0.1) is 17.8 Å². The van der Waals surface area contributed by atoms with E-state index in [9.17, 15) is 25.2 Å². The molecular weight excluding hydrogens is 476 g/mol. The average Bonchev–Trinajstić information content (AvgIpc) is 3.41. The minimum absolute atomic E-state index is 0.0661. The van der Waals surface area contributed by atoms with E-state index in [1.54, 1.807) is 13.0 Å². The molecule has 208 valence electrons. The van der Waals surface area contributed by atoms with E-state index in [1.807, 2.05) is 0 Å². The highest BCUT2D eigenvalue weighted by atomic mass is 16.7. The fourth-order valence-electron chi connectivity index (χ4n) is 9.81. The Hall–Kier alpha value is -1.03. The maximum Gasteiger partial charge on any atom is 0.331 e. The van der Waals surface area contributed by atoms with Gasteiger partial charge in [0.15, 0.2) is 6.29 Å². The number of fused-ring (bicyclic) bond motifs is 5. The van der Waals surface area contributed by atoms with Crippen LogP contribution in [0.15, 0.2) is 11.6 Å². The van der Waals surface area contributed by atoms with Crippen LogP contribution in [0.5, 0.6) is 0 Å². The van der Waals surface area contributed by atoms with E-state index in [0.717, 1.165) is 63.4 Å². The predicted molar refractivity (Wildman–Crippen MR) is 133 cm³/mol. The number of cyclic esters (lactones) is 1. The molecular formula is C29H44O8. The van der Waals surface area contributed by atoms with E-state index < -0.39 is 36.3 Å². The molecule has 1 saturated heterocycles. The van der Waals surface area contributed by atoms with Crippen molar-refractivity contribution in [1.82, 2.24) is 0 Å². The van der Waals surface area contributed by atoms with Crippen molar-refractivity contribution < 1.29 is 39.4 Å². The molecule has 4 aliphatic carbocycles. The van der Waals surface area contributed by atoms with E-state index in [4.69, 9.17) is 14.2 Å². The number of carbonyl (C=O) groups is 1. The fraction of sp³-hybridized carbons (Fsp3) is 0.897. The molecule has 0 radical (unpaired) electrons. The molecule has 8 heteroatoms. The molecule has 4 N–H and O–H groups in total. The highest BCUT2D eigenvalue weighted by molar-refractivity contribution is 5.85. The Morgan fingerprint density at radius 1 is 0.946 bits per heavy atom. The number of rotatable bonds is 3. The number of hydrogen-bond donors (Lipinski definition) is 4. The number of hydrogen-bond acceptors (Lipinski definition) is 8. The van der Waals surface area contributed by atoms with Crippen molar-refractivity contribution in [2.45, 2.75) is 121 Å². The van der Waals surface area contributed by atoms with Gasteiger partial charge < -0.3 is 34.6 Å². The topological polar surface area (TPSA) is 126 Å².